The van der Waals surface area contributed by atoms with Crippen molar-refractivity contribution < 1.29 is 44.9 Å². The van der Waals surface area contributed by atoms with Crippen LogP contribution in [-0.2, 0) is 35.2 Å². The first kappa shape index (κ1) is 76.4. The van der Waals surface area contributed by atoms with Crippen LogP contribution in [0.1, 0.15) is 27.9 Å². The number of hydrogen-bond donors (Lipinski definition) is 0. The van der Waals surface area contributed by atoms with Crippen molar-refractivity contribution in [3.05, 3.63) is 363 Å². The maximum Gasteiger partial charge on any atom is 0.227 e. The number of aromatic nitrogens is 10. The average Bonchev–Trinajstić information content (AvgIpc) is 1.62. The maximum atomic E-state index is 6.34. The minimum Gasteiger partial charge on any atom is -0.455 e. The van der Waals surface area contributed by atoms with E-state index in [9.17, 15) is 0 Å². The van der Waals surface area contributed by atoms with Gasteiger partial charge in [-0.3, -0.25) is 19.9 Å². The first-order valence-corrected chi connectivity index (χ1v) is 41.9. The molecule has 0 aliphatic heterocycles. The fourth-order valence-electron chi connectivity index (χ4n) is 18.0. The van der Waals surface area contributed by atoms with Crippen LogP contribution in [0.25, 0.3) is 220 Å². The fraction of sp³-hybridized carbons (Fsp3) is 0.0909. The lowest BCUT2D eigenvalue weighted by molar-refractivity contribution is -0.660. The summed E-state index contributed by atoms with van der Waals surface area (Å²) < 4.78 is 42.2. The standard InChI is InChI=1S/5C22H17N2O/c1-14-8-9-16-17-12-15-6-5-10-23-18(15)13-20(17)25-22(16)21(14)19-7-3-4-11-24(19)2;1-14-10-11-16-17-13-15-7-3-4-8-18(15)23-22(17)25-21(16)20(14)19-9-5-6-12-24(19)2;1-14-21(19-9-5-6-10-24(19)2)22-18(13-23-14)17-11-15-7-3-4-8-16(15)12-20(17)25-22;1-14-13-23-21-17-11-15-7-3-4-8-16(15)12-19(17)25-22(21)20(14)18-9-5-6-10-24(18)2;1-14-6-7-17-18-11-15-8-9-23-13-16(15)12-20(18)25-22(17)21(14)19-5-3-4-10-24(19)2/h5*3-13H,1-2H3/q5*+1. The molecule has 0 bridgehead atoms. The summed E-state index contributed by atoms with van der Waals surface area (Å²) in [7, 11) is 10.3. The third kappa shape index (κ3) is 13.6. The normalized spacial score (nSPS) is 11.6. The molecule has 600 valence electrons. The third-order valence-corrected chi connectivity index (χ3v) is 24.4. The lowest BCUT2D eigenvalue weighted by atomic mass is 10.00. The molecule has 15 heterocycles. The van der Waals surface area contributed by atoms with Crippen LogP contribution in [0.5, 0.6) is 0 Å². The highest BCUT2D eigenvalue weighted by atomic mass is 16.3. The summed E-state index contributed by atoms with van der Waals surface area (Å²) in [6.07, 6.45) is 19.7. The predicted molar refractivity (Wildman–Crippen MR) is 502 cm³/mol. The second-order valence-corrected chi connectivity index (χ2v) is 32.4. The van der Waals surface area contributed by atoms with Crippen LogP contribution in [0.2, 0.25) is 0 Å². The van der Waals surface area contributed by atoms with Gasteiger partial charge >= 0.3 is 0 Å². The lowest BCUT2D eigenvalue weighted by Crippen LogP contribution is -2.30. The summed E-state index contributed by atoms with van der Waals surface area (Å²) in [5, 5.41) is 19.3. The van der Waals surface area contributed by atoms with E-state index < -0.39 is 0 Å². The summed E-state index contributed by atoms with van der Waals surface area (Å²) in [5.74, 6) is 0. The Kier molecular flexibility index (Phi) is 19.1. The number of benzene rings is 10. The molecule has 10 aromatic carbocycles. The van der Waals surface area contributed by atoms with E-state index in [1.54, 1.807) is 0 Å². The molecule has 125 heavy (non-hydrogen) atoms. The molecule has 0 N–H and O–H groups in total. The van der Waals surface area contributed by atoms with E-state index in [1.165, 1.54) is 43.6 Å². The van der Waals surface area contributed by atoms with Crippen molar-refractivity contribution in [3.8, 4) is 56.3 Å². The molecule has 0 amide bonds. The van der Waals surface area contributed by atoms with Crippen molar-refractivity contribution in [2.45, 2.75) is 34.6 Å². The molecule has 0 radical (unpaired) electrons. The second-order valence-electron chi connectivity index (χ2n) is 32.4. The molecule has 0 spiro atoms. The van der Waals surface area contributed by atoms with Crippen LogP contribution in [0, 0.1) is 34.6 Å². The van der Waals surface area contributed by atoms with Crippen LogP contribution in [0.15, 0.2) is 357 Å². The first-order chi connectivity index (χ1) is 61.1. The Bertz CT molecular complexity index is 7500. The van der Waals surface area contributed by atoms with Gasteiger partial charge in [0, 0.05) is 162 Å². The maximum absolute atomic E-state index is 6.34. The van der Waals surface area contributed by atoms with Gasteiger partial charge in [0.25, 0.3) is 0 Å². The monoisotopic (exact) mass is 1630 g/mol. The van der Waals surface area contributed by atoms with Crippen LogP contribution < -0.4 is 22.8 Å². The topological polar surface area (TPSA) is 150 Å². The van der Waals surface area contributed by atoms with Crippen molar-refractivity contribution in [1.29, 1.82) is 0 Å². The number of furan rings is 5. The summed E-state index contributed by atoms with van der Waals surface area (Å²) in [5.41, 5.74) is 28.6. The molecule has 0 atom stereocenters. The van der Waals surface area contributed by atoms with Crippen molar-refractivity contribution in [3.63, 3.8) is 0 Å². The highest BCUT2D eigenvalue weighted by molar-refractivity contribution is 6.17. The summed E-state index contributed by atoms with van der Waals surface area (Å²) >= 11 is 0. The summed E-state index contributed by atoms with van der Waals surface area (Å²) in [6, 6.07) is 94.3. The minimum atomic E-state index is 0.694. The number of fused-ring (bicyclic) bond motifs is 20. The molecule has 0 fully saturated rings. The molecule has 0 unspecified atom stereocenters. The largest absolute Gasteiger partial charge is 0.455 e. The molecule has 0 saturated carbocycles. The van der Waals surface area contributed by atoms with Gasteiger partial charge in [0.2, 0.25) is 34.2 Å². The average molecular weight is 1630 g/mol. The second kappa shape index (κ2) is 31.2. The highest BCUT2D eigenvalue weighted by Gasteiger charge is 2.28. The quantitative estimate of drug-likeness (QED) is 0.152. The van der Waals surface area contributed by atoms with Crippen molar-refractivity contribution in [1.82, 2.24) is 24.9 Å². The Hall–Kier alpha value is -16.0. The van der Waals surface area contributed by atoms with Crippen LogP contribution in [0.4, 0.5) is 0 Å². The van der Waals surface area contributed by atoms with Crippen LogP contribution in [0.3, 0.4) is 0 Å². The van der Waals surface area contributed by atoms with Gasteiger partial charge in [-0.05, 0) is 181 Å². The van der Waals surface area contributed by atoms with Gasteiger partial charge in [0.05, 0.1) is 39.0 Å². The smallest absolute Gasteiger partial charge is 0.227 e. The number of hydrogen-bond acceptors (Lipinski definition) is 10. The Balaban J connectivity index is 0.0000000956. The van der Waals surface area contributed by atoms with Crippen molar-refractivity contribution in [2.75, 3.05) is 0 Å². The molecule has 0 saturated heterocycles. The summed E-state index contributed by atoms with van der Waals surface area (Å²) in [4.78, 5) is 22.7. The molecular weight excluding hydrogens is 1540 g/mol. The van der Waals surface area contributed by atoms with Gasteiger partial charge in [-0.25, -0.2) is 27.8 Å². The van der Waals surface area contributed by atoms with Gasteiger partial charge in [0.15, 0.2) is 47.7 Å². The van der Waals surface area contributed by atoms with Crippen LogP contribution >= 0.6 is 0 Å². The van der Waals surface area contributed by atoms with Gasteiger partial charge in [-0.15, -0.1) is 0 Å². The van der Waals surface area contributed by atoms with Gasteiger partial charge in [-0.2, -0.15) is 0 Å². The van der Waals surface area contributed by atoms with E-state index in [-0.39, 0.29) is 0 Å². The lowest BCUT2D eigenvalue weighted by Gasteiger charge is -2.04. The molecule has 15 aromatic heterocycles. The number of para-hydroxylation sites is 1. The fourth-order valence-corrected chi connectivity index (χ4v) is 18.0. The van der Waals surface area contributed by atoms with Crippen LogP contribution in [-0.4, -0.2) is 24.9 Å². The molecule has 0 aliphatic carbocycles. The van der Waals surface area contributed by atoms with Crippen molar-refractivity contribution in [2.24, 2.45) is 35.2 Å². The molecule has 25 rings (SSSR count). The number of rotatable bonds is 5. The van der Waals surface area contributed by atoms with Gasteiger partial charge in [0.1, 0.15) is 79.8 Å². The summed E-state index contributed by atoms with van der Waals surface area (Å²) in [6.45, 7) is 10.5. The zero-order chi connectivity index (χ0) is 84.8. The highest BCUT2D eigenvalue weighted by Crippen LogP contribution is 2.44. The Morgan fingerprint density at radius 3 is 1.14 bits per heavy atom. The van der Waals surface area contributed by atoms with E-state index >= 15 is 0 Å². The van der Waals surface area contributed by atoms with Gasteiger partial charge in [-0.1, -0.05) is 109 Å². The molecule has 15 heteroatoms. The van der Waals surface area contributed by atoms with E-state index in [1.807, 2.05) is 124 Å². The van der Waals surface area contributed by atoms with E-state index in [0.717, 1.165) is 199 Å². The number of nitrogens with zero attached hydrogens (tertiary/aromatic N) is 10. The molecular formula is C110H85N10O5+5. The number of aryl methyl sites for hydroxylation is 10. The van der Waals surface area contributed by atoms with E-state index in [4.69, 9.17) is 27.1 Å². The first-order valence-electron chi connectivity index (χ1n) is 41.9. The molecule has 0 aliphatic rings. The molecule has 25 aromatic rings. The number of pyridine rings is 10. The zero-order valence-corrected chi connectivity index (χ0v) is 70.8. The molecule has 15 nitrogen and oxygen atoms in total. The van der Waals surface area contributed by atoms with E-state index in [2.05, 4.69) is 324 Å². The van der Waals surface area contributed by atoms with E-state index in [0.29, 0.717) is 5.71 Å². The Morgan fingerprint density at radius 1 is 0.240 bits per heavy atom. The third-order valence-electron chi connectivity index (χ3n) is 24.4. The minimum absolute atomic E-state index is 0.694. The SMILES string of the molecule is Cc1ccc2c(oc3cc4cnccc4cc32)c1-c1cccc[n+]1C.Cc1ccc2c(oc3cc4ncccc4cc32)c1-c1cccc[n+]1C.Cc1ccc2c(oc3nc4ccccc4cc32)c1-c1cccc[n+]1C.Cc1cnc2c(oc3cc4ccccc4cc32)c1-c1cccc[n+]1C.Cc1ncc2c(oc3cc4ccccc4cc32)c1-c1cccc[n+]1C. The predicted octanol–water partition coefficient (Wildman–Crippen LogP) is 24.7. The van der Waals surface area contributed by atoms with Gasteiger partial charge < -0.3 is 22.1 Å². The Labute approximate surface area is 718 Å². The Morgan fingerprint density at radius 2 is 0.616 bits per heavy atom. The zero-order valence-electron chi connectivity index (χ0n) is 70.8. The van der Waals surface area contributed by atoms with Crippen molar-refractivity contribution >= 4 is 164 Å².